The van der Waals surface area contributed by atoms with Gasteiger partial charge >= 0.3 is 0 Å². The van der Waals surface area contributed by atoms with E-state index in [9.17, 15) is 0 Å². The van der Waals surface area contributed by atoms with Gasteiger partial charge in [0.2, 0.25) is 0 Å². The van der Waals surface area contributed by atoms with Gasteiger partial charge in [-0.05, 0) is 50.5 Å². The zero-order valence-electron chi connectivity index (χ0n) is 12.0. The Morgan fingerprint density at radius 1 is 1.28 bits per heavy atom. The highest BCUT2D eigenvalue weighted by Gasteiger charge is 2.28. The van der Waals surface area contributed by atoms with Crippen molar-refractivity contribution < 1.29 is 4.42 Å². The van der Waals surface area contributed by atoms with Crippen molar-refractivity contribution in [3.63, 3.8) is 0 Å². The molecule has 1 aromatic heterocycles. The lowest BCUT2D eigenvalue weighted by atomic mass is 9.80. The van der Waals surface area contributed by atoms with Crippen molar-refractivity contribution in [2.75, 3.05) is 26.7 Å². The van der Waals surface area contributed by atoms with Crippen LogP contribution in [0.1, 0.15) is 38.2 Å². The molecule has 0 bridgehead atoms. The number of likely N-dealkylation sites (tertiary alicyclic amines) is 1. The van der Waals surface area contributed by atoms with Gasteiger partial charge < -0.3 is 14.6 Å². The molecule has 0 atom stereocenters. The number of hydrogen-bond donors (Lipinski definition) is 1. The van der Waals surface area contributed by atoms with Crippen molar-refractivity contribution in [1.29, 1.82) is 0 Å². The van der Waals surface area contributed by atoms with Gasteiger partial charge in [-0.25, -0.2) is 0 Å². The largest absolute Gasteiger partial charge is 0.465 e. The summed E-state index contributed by atoms with van der Waals surface area (Å²) in [4.78, 5) is 2.42. The molecule has 0 radical (unpaired) electrons. The molecule has 0 aromatic carbocycles. The van der Waals surface area contributed by atoms with E-state index in [2.05, 4.69) is 43.2 Å². The van der Waals surface area contributed by atoms with Crippen molar-refractivity contribution in [2.45, 2.75) is 39.7 Å². The third-order valence-corrected chi connectivity index (χ3v) is 4.11. The number of aryl methyl sites for hydroxylation is 1. The molecule has 2 heterocycles. The highest BCUT2D eigenvalue weighted by Crippen LogP contribution is 2.29. The fourth-order valence-corrected chi connectivity index (χ4v) is 2.53. The van der Waals surface area contributed by atoms with E-state index in [1.807, 2.05) is 0 Å². The molecule has 1 fully saturated rings. The van der Waals surface area contributed by atoms with E-state index in [0.29, 0.717) is 5.41 Å². The van der Waals surface area contributed by atoms with Gasteiger partial charge in [0.15, 0.2) is 0 Å². The highest BCUT2D eigenvalue weighted by atomic mass is 16.3. The standard InChI is InChI=1S/C15H26N2O/c1-4-13-5-6-14(18-13)11-16-12-15(2)7-9-17(3)10-8-15/h5-6,16H,4,7-12H2,1-3H3. The quantitative estimate of drug-likeness (QED) is 0.871. The average Bonchev–Trinajstić information content (AvgIpc) is 2.81. The Bertz CT molecular complexity index is 364. The van der Waals surface area contributed by atoms with Crippen molar-refractivity contribution in [3.8, 4) is 0 Å². The molecule has 2 rings (SSSR count). The first-order valence-electron chi connectivity index (χ1n) is 7.08. The summed E-state index contributed by atoms with van der Waals surface area (Å²) in [6.45, 7) is 8.90. The van der Waals surface area contributed by atoms with E-state index < -0.39 is 0 Å². The van der Waals surface area contributed by atoms with Crippen LogP contribution in [-0.2, 0) is 13.0 Å². The molecular weight excluding hydrogens is 224 g/mol. The molecule has 1 N–H and O–H groups in total. The maximum absolute atomic E-state index is 5.70. The minimum absolute atomic E-state index is 0.451. The maximum Gasteiger partial charge on any atom is 0.117 e. The van der Waals surface area contributed by atoms with Gasteiger partial charge in [0.25, 0.3) is 0 Å². The van der Waals surface area contributed by atoms with Gasteiger partial charge in [0.05, 0.1) is 6.54 Å². The number of piperidine rings is 1. The van der Waals surface area contributed by atoms with Crippen LogP contribution in [-0.4, -0.2) is 31.6 Å². The van der Waals surface area contributed by atoms with Crippen LogP contribution in [0.4, 0.5) is 0 Å². The predicted octanol–water partition coefficient (Wildman–Crippen LogP) is 2.66. The summed E-state index contributed by atoms with van der Waals surface area (Å²) in [6.07, 6.45) is 3.55. The molecule has 1 aliphatic rings. The fraction of sp³-hybridized carbons (Fsp3) is 0.733. The highest BCUT2D eigenvalue weighted by molar-refractivity contribution is 5.06. The SMILES string of the molecule is CCc1ccc(CNCC2(C)CCN(C)CC2)o1. The zero-order valence-corrected chi connectivity index (χ0v) is 12.0. The lowest BCUT2D eigenvalue weighted by molar-refractivity contribution is 0.136. The number of rotatable bonds is 5. The van der Waals surface area contributed by atoms with Gasteiger partial charge in [-0.2, -0.15) is 0 Å². The minimum atomic E-state index is 0.451. The van der Waals surface area contributed by atoms with Crippen LogP contribution in [0.3, 0.4) is 0 Å². The molecule has 1 saturated heterocycles. The number of nitrogens with one attached hydrogen (secondary N) is 1. The van der Waals surface area contributed by atoms with E-state index in [1.54, 1.807) is 0 Å². The summed E-state index contributed by atoms with van der Waals surface area (Å²) < 4.78 is 5.70. The smallest absolute Gasteiger partial charge is 0.117 e. The summed E-state index contributed by atoms with van der Waals surface area (Å²) in [5.74, 6) is 2.14. The Labute approximate surface area is 111 Å². The molecular formula is C15H26N2O. The Kier molecular flexibility index (Phi) is 4.46. The number of furan rings is 1. The van der Waals surface area contributed by atoms with E-state index in [0.717, 1.165) is 31.0 Å². The zero-order chi connectivity index (χ0) is 13.0. The van der Waals surface area contributed by atoms with Crippen LogP contribution < -0.4 is 5.32 Å². The normalized spacial score (nSPS) is 20.2. The number of hydrogen-bond acceptors (Lipinski definition) is 3. The first-order valence-corrected chi connectivity index (χ1v) is 7.08. The summed E-state index contributed by atoms with van der Waals surface area (Å²) in [5, 5.41) is 3.55. The third-order valence-electron chi connectivity index (χ3n) is 4.11. The van der Waals surface area contributed by atoms with Crippen LogP contribution in [0.2, 0.25) is 0 Å². The van der Waals surface area contributed by atoms with E-state index in [1.165, 1.54) is 25.9 Å². The monoisotopic (exact) mass is 250 g/mol. The second-order valence-electron chi connectivity index (χ2n) is 5.94. The molecule has 18 heavy (non-hydrogen) atoms. The average molecular weight is 250 g/mol. The van der Waals surface area contributed by atoms with Gasteiger partial charge in [0, 0.05) is 13.0 Å². The summed E-state index contributed by atoms with van der Waals surface area (Å²) in [5.41, 5.74) is 0.451. The summed E-state index contributed by atoms with van der Waals surface area (Å²) in [6, 6.07) is 4.16. The molecule has 1 aromatic rings. The minimum Gasteiger partial charge on any atom is -0.465 e. The second kappa shape index (κ2) is 5.89. The Morgan fingerprint density at radius 3 is 2.56 bits per heavy atom. The van der Waals surface area contributed by atoms with Crippen LogP contribution in [0.15, 0.2) is 16.5 Å². The Balaban J connectivity index is 1.74. The van der Waals surface area contributed by atoms with Crippen molar-refractivity contribution in [3.05, 3.63) is 23.7 Å². The van der Waals surface area contributed by atoms with Crippen molar-refractivity contribution >= 4 is 0 Å². The van der Waals surface area contributed by atoms with Gasteiger partial charge in [0.1, 0.15) is 11.5 Å². The van der Waals surface area contributed by atoms with Crippen LogP contribution in [0.5, 0.6) is 0 Å². The first-order chi connectivity index (χ1) is 8.61. The second-order valence-corrected chi connectivity index (χ2v) is 5.94. The third kappa shape index (κ3) is 3.59. The molecule has 0 amide bonds. The van der Waals surface area contributed by atoms with E-state index >= 15 is 0 Å². The molecule has 0 saturated carbocycles. The Morgan fingerprint density at radius 2 is 1.94 bits per heavy atom. The van der Waals surface area contributed by atoms with E-state index in [-0.39, 0.29) is 0 Å². The molecule has 0 aliphatic carbocycles. The van der Waals surface area contributed by atoms with Gasteiger partial charge in [-0.3, -0.25) is 0 Å². The van der Waals surface area contributed by atoms with Crippen molar-refractivity contribution in [1.82, 2.24) is 10.2 Å². The molecule has 3 heteroatoms. The van der Waals surface area contributed by atoms with E-state index in [4.69, 9.17) is 4.42 Å². The number of nitrogens with zero attached hydrogens (tertiary/aromatic N) is 1. The molecule has 0 spiro atoms. The van der Waals surface area contributed by atoms with Crippen LogP contribution in [0, 0.1) is 5.41 Å². The first kappa shape index (κ1) is 13.6. The fourth-order valence-electron chi connectivity index (χ4n) is 2.53. The van der Waals surface area contributed by atoms with Gasteiger partial charge in [-0.15, -0.1) is 0 Å². The summed E-state index contributed by atoms with van der Waals surface area (Å²) in [7, 11) is 2.21. The van der Waals surface area contributed by atoms with Crippen LogP contribution >= 0.6 is 0 Å². The summed E-state index contributed by atoms with van der Waals surface area (Å²) >= 11 is 0. The van der Waals surface area contributed by atoms with Crippen molar-refractivity contribution in [2.24, 2.45) is 5.41 Å². The predicted molar refractivity (Wildman–Crippen MR) is 74.6 cm³/mol. The van der Waals surface area contributed by atoms with Crippen LogP contribution in [0.25, 0.3) is 0 Å². The maximum atomic E-state index is 5.70. The molecule has 3 nitrogen and oxygen atoms in total. The molecule has 102 valence electrons. The Hall–Kier alpha value is -0.800. The lowest BCUT2D eigenvalue weighted by Crippen LogP contribution is -2.41. The topological polar surface area (TPSA) is 28.4 Å². The van der Waals surface area contributed by atoms with Gasteiger partial charge in [-0.1, -0.05) is 13.8 Å². The molecule has 0 unspecified atom stereocenters. The molecule has 1 aliphatic heterocycles. The lowest BCUT2D eigenvalue weighted by Gasteiger charge is -2.38.